The summed E-state index contributed by atoms with van der Waals surface area (Å²) < 4.78 is 5.26. The number of ether oxygens (including phenoxy) is 1. The number of carbonyl (C=O) groups excluding carboxylic acids is 1. The van der Waals surface area contributed by atoms with E-state index in [-0.39, 0.29) is 17.9 Å². The van der Waals surface area contributed by atoms with Gasteiger partial charge in [-0.3, -0.25) is 4.79 Å². The maximum atomic E-state index is 10.9. The van der Waals surface area contributed by atoms with Gasteiger partial charge < -0.3 is 15.8 Å². The third kappa shape index (κ3) is 4.55. The Kier molecular flexibility index (Phi) is 4.99. The Labute approximate surface area is 112 Å². The number of carbonyl (C=O) groups is 1. The van der Waals surface area contributed by atoms with E-state index >= 15 is 0 Å². The fraction of sp³-hybridized carbons (Fsp3) is 0.462. The summed E-state index contributed by atoms with van der Waals surface area (Å²) in [6, 6.07) is 5.44. The van der Waals surface area contributed by atoms with E-state index in [0.29, 0.717) is 11.6 Å². The summed E-state index contributed by atoms with van der Waals surface area (Å²) in [5.74, 6) is 0.437. The van der Waals surface area contributed by atoms with Crippen LogP contribution in [0.4, 0.5) is 0 Å². The maximum absolute atomic E-state index is 10.9. The average molecular weight is 271 g/mol. The second-order valence-electron chi connectivity index (χ2n) is 4.84. The lowest BCUT2D eigenvalue weighted by Crippen LogP contribution is -2.42. The molecule has 1 aromatic carbocycles. The zero-order chi connectivity index (χ0) is 13.8. The average Bonchev–Trinajstić information content (AvgIpc) is 2.25. The number of nitrogens with two attached hydrogens (primary N) is 1. The molecular weight excluding hydrogens is 252 g/mol. The molecule has 0 unspecified atom stereocenters. The van der Waals surface area contributed by atoms with Crippen molar-refractivity contribution in [3.05, 3.63) is 28.8 Å². The predicted molar refractivity (Wildman–Crippen MR) is 72.7 cm³/mol. The zero-order valence-electron chi connectivity index (χ0n) is 10.9. The fourth-order valence-electron chi connectivity index (χ4n) is 1.72. The molecule has 3 N–H and O–H groups in total. The van der Waals surface area contributed by atoms with Crippen LogP contribution < -0.4 is 15.8 Å². The Morgan fingerprint density at radius 2 is 2.17 bits per heavy atom. The van der Waals surface area contributed by atoms with Crippen molar-refractivity contribution in [2.45, 2.75) is 32.4 Å². The quantitative estimate of drug-likeness (QED) is 0.832. The van der Waals surface area contributed by atoms with Crippen molar-refractivity contribution >= 4 is 17.5 Å². The molecule has 100 valence electrons. The normalized spacial score (nSPS) is 11.3. The van der Waals surface area contributed by atoms with Crippen molar-refractivity contribution in [3.8, 4) is 5.75 Å². The van der Waals surface area contributed by atoms with Gasteiger partial charge in [-0.1, -0.05) is 11.6 Å². The monoisotopic (exact) mass is 270 g/mol. The first-order valence-corrected chi connectivity index (χ1v) is 6.07. The first kappa shape index (κ1) is 14.8. The number of amides is 1. The van der Waals surface area contributed by atoms with E-state index in [0.717, 1.165) is 11.3 Å². The van der Waals surface area contributed by atoms with E-state index < -0.39 is 0 Å². The van der Waals surface area contributed by atoms with E-state index in [1.54, 1.807) is 13.2 Å². The number of primary amides is 1. The van der Waals surface area contributed by atoms with Crippen molar-refractivity contribution in [1.29, 1.82) is 0 Å². The minimum Gasteiger partial charge on any atom is -0.496 e. The second kappa shape index (κ2) is 6.07. The minimum absolute atomic E-state index is 0.274. The lowest BCUT2D eigenvalue weighted by molar-refractivity contribution is -0.119. The van der Waals surface area contributed by atoms with Crippen LogP contribution in [0.1, 0.15) is 25.8 Å². The molecule has 4 nitrogen and oxygen atoms in total. The van der Waals surface area contributed by atoms with Crippen molar-refractivity contribution in [2.24, 2.45) is 5.73 Å². The summed E-state index contributed by atoms with van der Waals surface area (Å²) in [5.41, 5.74) is 5.79. The Hall–Kier alpha value is -1.26. The van der Waals surface area contributed by atoms with Gasteiger partial charge in [0, 0.05) is 29.1 Å². The molecule has 18 heavy (non-hydrogen) atoms. The summed E-state index contributed by atoms with van der Waals surface area (Å²) >= 11 is 5.95. The highest BCUT2D eigenvalue weighted by molar-refractivity contribution is 6.30. The van der Waals surface area contributed by atoms with Crippen LogP contribution in [0.3, 0.4) is 0 Å². The molecule has 0 heterocycles. The maximum Gasteiger partial charge on any atom is 0.219 e. The van der Waals surface area contributed by atoms with Crippen LogP contribution in [-0.2, 0) is 11.3 Å². The minimum atomic E-state index is -0.362. The van der Waals surface area contributed by atoms with E-state index in [4.69, 9.17) is 22.1 Å². The third-order valence-electron chi connectivity index (χ3n) is 2.62. The van der Waals surface area contributed by atoms with E-state index in [1.807, 2.05) is 26.0 Å². The van der Waals surface area contributed by atoms with Crippen LogP contribution in [-0.4, -0.2) is 18.6 Å². The molecule has 0 aliphatic carbocycles. The van der Waals surface area contributed by atoms with Gasteiger partial charge in [-0.05, 0) is 32.0 Å². The molecule has 1 aromatic rings. The number of hydrogen-bond acceptors (Lipinski definition) is 3. The molecule has 1 rings (SSSR count). The number of halogens is 1. The first-order chi connectivity index (χ1) is 8.34. The highest BCUT2D eigenvalue weighted by Crippen LogP contribution is 2.23. The first-order valence-electron chi connectivity index (χ1n) is 5.70. The fourth-order valence-corrected chi connectivity index (χ4v) is 1.91. The van der Waals surface area contributed by atoms with Gasteiger partial charge in [-0.25, -0.2) is 0 Å². The van der Waals surface area contributed by atoms with Crippen LogP contribution >= 0.6 is 11.6 Å². The largest absolute Gasteiger partial charge is 0.496 e. The summed E-state index contributed by atoms with van der Waals surface area (Å²) in [4.78, 5) is 10.9. The Balaban J connectivity index is 2.73. The van der Waals surface area contributed by atoms with Crippen LogP contribution in [0.2, 0.25) is 5.02 Å². The molecule has 0 radical (unpaired) electrons. The summed E-state index contributed by atoms with van der Waals surface area (Å²) in [6.07, 6.45) is 0.274. The highest BCUT2D eigenvalue weighted by atomic mass is 35.5. The highest BCUT2D eigenvalue weighted by Gasteiger charge is 2.20. The standard InChI is InChI=1S/C13H19ClN2O2/c1-13(2,7-12(15)17)16-8-9-6-10(14)4-5-11(9)18-3/h4-6,16H,7-8H2,1-3H3,(H2,15,17). The summed E-state index contributed by atoms with van der Waals surface area (Å²) in [6.45, 7) is 4.41. The van der Waals surface area contributed by atoms with E-state index in [1.165, 1.54) is 0 Å². The number of methoxy groups -OCH3 is 1. The van der Waals surface area contributed by atoms with Gasteiger partial charge in [0.05, 0.1) is 7.11 Å². The Morgan fingerprint density at radius 3 is 2.72 bits per heavy atom. The molecule has 0 spiro atoms. The zero-order valence-corrected chi connectivity index (χ0v) is 11.7. The Morgan fingerprint density at radius 1 is 1.50 bits per heavy atom. The Bertz CT molecular complexity index is 433. The molecule has 5 heteroatoms. The van der Waals surface area contributed by atoms with Gasteiger partial charge in [0.15, 0.2) is 0 Å². The lowest BCUT2D eigenvalue weighted by Gasteiger charge is -2.25. The number of rotatable bonds is 6. The molecule has 0 saturated carbocycles. The number of benzene rings is 1. The molecular formula is C13H19ClN2O2. The molecule has 0 bridgehead atoms. The van der Waals surface area contributed by atoms with Crippen molar-refractivity contribution < 1.29 is 9.53 Å². The van der Waals surface area contributed by atoms with Gasteiger partial charge in [-0.15, -0.1) is 0 Å². The number of hydrogen-bond donors (Lipinski definition) is 2. The van der Waals surface area contributed by atoms with E-state index in [9.17, 15) is 4.79 Å². The third-order valence-corrected chi connectivity index (χ3v) is 2.85. The van der Waals surface area contributed by atoms with Crippen molar-refractivity contribution in [3.63, 3.8) is 0 Å². The lowest BCUT2D eigenvalue weighted by atomic mass is 10.00. The van der Waals surface area contributed by atoms with Crippen molar-refractivity contribution in [2.75, 3.05) is 7.11 Å². The van der Waals surface area contributed by atoms with E-state index in [2.05, 4.69) is 5.32 Å². The van der Waals surface area contributed by atoms with Crippen LogP contribution in [0.15, 0.2) is 18.2 Å². The predicted octanol–water partition coefficient (Wildman–Crippen LogP) is 2.09. The van der Waals surface area contributed by atoms with Gasteiger partial charge in [0.2, 0.25) is 5.91 Å². The SMILES string of the molecule is COc1ccc(Cl)cc1CNC(C)(C)CC(N)=O. The summed E-state index contributed by atoms with van der Waals surface area (Å²) in [5, 5.41) is 3.92. The topological polar surface area (TPSA) is 64.3 Å². The van der Waals surface area contributed by atoms with Crippen LogP contribution in [0, 0.1) is 0 Å². The molecule has 0 atom stereocenters. The second-order valence-corrected chi connectivity index (χ2v) is 5.27. The molecule has 1 amide bonds. The summed E-state index contributed by atoms with van der Waals surface area (Å²) in [7, 11) is 1.61. The van der Waals surface area contributed by atoms with Gasteiger partial charge >= 0.3 is 0 Å². The molecule has 0 aromatic heterocycles. The van der Waals surface area contributed by atoms with Gasteiger partial charge in [-0.2, -0.15) is 0 Å². The molecule has 0 fully saturated rings. The number of nitrogens with one attached hydrogen (secondary N) is 1. The molecule has 0 aliphatic heterocycles. The molecule has 0 aliphatic rings. The van der Waals surface area contributed by atoms with Crippen molar-refractivity contribution in [1.82, 2.24) is 5.32 Å². The van der Waals surface area contributed by atoms with Gasteiger partial charge in [0.1, 0.15) is 5.75 Å². The smallest absolute Gasteiger partial charge is 0.219 e. The van der Waals surface area contributed by atoms with Crippen LogP contribution in [0.5, 0.6) is 5.75 Å². The van der Waals surface area contributed by atoms with Crippen LogP contribution in [0.25, 0.3) is 0 Å². The van der Waals surface area contributed by atoms with Gasteiger partial charge in [0.25, 0.3) is 0 Å². The molecule has 0 saturated heterocycles.